The molecule has 2 rings (SSSR count). The average Bonchev–Trinajstić information content (AvgIpc) is 2.29. The summed E-state index contributed by atoms with van der Waals surface area (Å²) >= 11 is 0. The summed E-state index contributed by atoms with van der Waals surface area (Å²) in [5.74, 6) is 0.511. The summed E-state index contributed by atoms with van der Waals surface area (Å²) in [5.41, 5.74) is 2.68. The van der Waals surface area contributed by atoms with Crippen LogP contribution in [0.5, 0.6) is 5.88 Å². The highest BCUT2D eigenvalue weighted by Crippen LogP contribution is 2.15. The van der Waals surface area contributed by atoms with Gasteiger partial charge in [0, 0.05) is 6.61 Å². The number of aliphatic hydroxyl groups excluding tert-OH is 1. The molecule has 0 saturated heterocycles. The van der Waals surface area contributed by atoms with Gasteiger partial charge in [0.05, 0.1) is 24.3 Å². The molecule has 1 aromatic carbocycles. The standard InChI is InChI=1S/C11H12N2O2/c1-15-11-7-12-10-6-8(4-5-14)2-3-9(10)13-11/h2-3,6-7,14H,4-5H2,1H3. The second kappa shape index (κ2) is 4.23. The van der Waals surface area contributed by atoms with Gasteiger partial charge in [-0.25, -0.2) is 9.97 Å². The van der Waals surface area contributed by atoms with Gasteiger partial charge in [-0.2, -0.15) is 0 Å². The minimum atomic E-state index is 0.148. The number of hydrogen-bond acceptors (Lipinski definition) is 4. The van der Waals surface area contributed by atoms with Crippen molar-refractivity contribution in [2.24, 2.45) is 0 Å². The Balaban J connectivity index is 2.45. The van der Waals surface area contributed by atoms with E-state index in [0.29, 0.717) is 12.3 Å². The van der Waals surface area contributed by atoms with E-state index in [9.17, 15) is 0 Å². The van der Waals surface area contributed by atoms with E-state index in [0.717, 1.165) is 16.6 Å². The maximum absolute atomic E-state index is 8.82. The number of fused-ring (bicyclic) bond motifs is 1. The zero-order valence-corrected chi connectivity index (χ0v) is 8.47. The van der Waals surface area contributed by atoms with Crippen LogP contribution in [-0.2, 0) is 6.42 Å². The van der Waals surface area contributed by atoms with E-state index >= 15 is 0 Å². The Morgan fingerprint density at radius 3 is 2.93 bits per heavy atom. The summed E-state index contributed by atoms with van der Waals surface area (Å²) < 4.78 is 4.99. The summed E-state index contributed by atoms with van der Waals surface area (Å²) in [7, 11) is 1.57. The Hall–Kier alpha value is -1.68. The largest absolute Gasteiger partial charge is 0.480 e. The first-order valence-electron chi connectivity index (χ1n) is 4.74. The molecule has 0 aliphatic heterocycles. The van der Waals surface area contributed by atoms with Crippen LogP contribution in [0, 0.1) is 0 Å². The van der Waals surface area contributed by atoms with Crippen LogP contribution in [0.2, 0.25) is 0 Å². The number of nitrogens with zero attached hydrogens (tertiary/aromatic N) is 2. The molecule has 0 radical (unpaired) electrons. The van der Waals surface area contributed by atoms with E-state index in [-0.39, 0.29) is 6.61 Å². The van der Waals surface area contributed by atoms with E-state index in [1.54, 1.807) is 13.3 Å². The van der Waals surface area contributed by atoms with Crippen molar-refractivity contribution in [2.45, 2.75) is 6.42 Å². The van der Waals surface area contributed by atoms with Crippen LogP contribution in [0.15, 0.2) is 24.4 Å². The first-order chi connectivity index (χ1) is 7.33. The molecule has 0 unspecified atom stereocenters. The normalized spacial score (nSPS) is 10.5. The fourth-order valence-corrected chi connectivity index (χ4v) is 1.42. The maximum Gasteiger partial charge on any atom is 0.232 e. The van der Waals surface area contributed by atoms with Crippen molar-refractivity contribution in [3.05, 3.63) is 30.0 Å². The average molecular weight is 204 g/mol. The van der Waals surface area contributed by atoms with Gasteiger partial charge < -0.3 is 9.84 Å². The van der Waals surface area contributed by atoms with Gasteiger partial charge >= 0.3 is 0 Å². The Morgan fingerprint density at radius 1 is 1.33 bits per heavy atom. The summed E-state index contributed by atoms with van der Waals surface area (Å²) in [6.45, 7) is 0.148. The Kier molecular flexibility index (Phi) is 2.78. The van der Waals surface area contributed by atoms with Gasteiger partial charge in [-0.1, -0.05) is 6.07 Å². The topological polar surface area (TPSA) is 55.2 Å². The molecule has 0 amide bonds. The second-order valence-electron chi connectivity index (χ2n) is 3.21. The van der Waals surface area contributed by atoms with Crippen LogP contribution in [0.3, 0.4) is 0 Å². The van der Waals surface area contributed by atoms with Crippen molar-refractivity contribution >= 4 is 11.0 Å². The molecule has 0 fully saturated rings. The van der Waals surface area contributed by atoms with E-state index in [1.807, 2.05) is 18.2 Å². The SMILES string of the molecule is COc1cnc2cc(CCO)ccc2n1. The van der Waals surface area contributed by atoms with Crippen molar-refractivity contribution in [3.63, 3.8) is 0 Å². The van der Waals surface area contributed by atoms with Crippen molar-refractivity contribution in [1.29, 1.82) is 0 Å². The van der Waals surface area contributed by atoms with Gasteiger partial charge in [0.25, 0.3) is 0 Å². The van der Waals surface area contributed by atoms with E-state index in [2.05, 4.69) is 9.97 Å². The molecule has 1 aromatic heterocycles. The number of hydrogen-bond donors (Lipinski definition) is 1. The third kappa shape index (κ3) is 2.05. The van der Waals surface area contributed by atoms with Gasteiger partial charge in [0.2, 0.25) is 5.88 Å². The van der Waals surface area contributed by atoms with Gasteiger partial charge in [-0.15, -0.1) is 0 Å². The summed E-state index contributed by atoms with van der Waals surface area (Å²) in [4.78, 5) is 8.47. The molecule has 0 spiro atoms. The van der Waals surface area contributed by atoms with E-state index < -0.39 is 0 Å². The van der Waals surface area contributed by atoms with Gasteiger partial charge in [0.1, 0.15) is 0 Å². The zero-order valence-electron chi connectivity index (χ0n) is 8.47. The summed E-state index contributed by atoms with van der Waals surface area (Å²) in [5, 5.41) is 8.82. The first-order valence-corrected chi connectivity index (χ1v) is 4.74. The Labute approximate surface area is 87.6 Å². The smallest absolute Gasteiger partial charge is 0.232 e. The van der Waals surface area contributed by atoms with Crippen molar-refractivity contribution < 1.29 is 9.84 Å². The third-order valence-corrected chi connectivity index (χ3v) is 2.19. The van der Waals surface area contributed by atoms with Crippen LogP contribution in [-0.4, -0.2) is 28.8 Å². The first kappa shape index (κ1) is 9.86. The molecule has 1 heterocycles. The second-order valence-corrected chi connectivity index (χ2v) is 3.21. The van der Waals surface area contributed by atoms with Crippen molar-refractivity contribution in [2.75, 3.05) is 13.7 Å². The molecular formula is C11H12N2O2. The quantitative estimate of drug-likeness (QED) is 0.815. The lowest BCUT2D eigenvalue weighted by molar-refractivity contribution is 0.299. The molecule has 0 atom stereocenters. The number of rotatable bonds is 3. The summed E-state index contributed by atoms with van der Waals surface area (Å²) in [6, 6.07) is 5.75. The van der Waals surface area contributed by atoms with E-state index in [1.165, 1.54) is 0 Å². The fourth-order valence-electron chi connectivity index (χ4n) is 1.42. The van der Waals surface area contributed by atoms with Gasteiger partial charge in [-0.05, 0) is 24.1 Å². The molecule has 0 bridgehead atoms. The lowest BCUT2D eigenvalue weighted by atomic mass is 10.1. The number of aromatic nitrogens is 2. The molecule has 0 aliphatic carbocycles. The molecular weight excluding hydrogens is 192 g/mol. The highest BCUT2D eigenvalue weighted by Gasteiger charge is 2.00. The molecule has 78 valence electrons. The number of ether oxygens (including phenoxy) is 1. The predicted octanol–water partition coefficient (Wildman–Crippen LogP) is 1.17. The van der Waals surface area contributed by atoms with Gasteiger partial charge in [0.15, 0.2) is 0 Å². The number of benzene rings is 1. The van der Waals surface area contributed by atoms with E-state index in [4.69, 9.17) is 9.84 Å². The molecule has 4 heteroatoms. The molecule has 1 N–H and O–H groups in total. The molecule has 4 nitrogen and oxygen atoms in total. The highest BCUT2D eigenvalue weighted by molar-refractivity contribution is 5.75. The lowest BCUT2D eigenvalue weighted by Gasteiger charge is -2.02. The van der Waals surface area contributed by atoms with Gasteiger partial charge in [-0.3, -0.25) is 0 Å². The van der Waals surface area contributed by atoms with Crippen LogP contribution in [0.25, 0.3) is 11.0 Å². The van der Waals surface area contributed by atoms with Crippen LogP contribution < -0.4 is 4.74 Å². The lowest BCUT2D eigenvalue weighted by Crippen LogP contribution is -1.93. The Morgan fingerprint density at radius 2 is 2.20 bits per heavy atom. The zero-order chi connectivity index (χ0) is 10.7. The monoisotopic (exact) mass is 204 g/mol. The highest BCUT2D eigenvalue weighted by atomic mass is 16.5. The minimum absolute atomic E-state index is 0.148. The fraction of sp³-hybridized carbons (Fsp3) is 0.273. The summed E-state index contributed by atoms with van der Waals surface area (Å²) in [6.07, 6.45) is 2.23. The molecule has 0 saturated carbocycles. The van der Waals surface area contributed by atoms with Crippen LogP contribution >= 0.6 is 0 Å². The maximum atomic E-state index is 8.82. The molecule has 0 aliphatic rings. The van der Waals surface area contributed by atoms with Crippen molar-refractivity contribution in [3.8, 4) is 5.88 Å². The predicted molar refractivity (Wildman–Crippen MR) is 56.9 cm³/mol. The number of aliphatic hydroxyl groups is 1. The van der Waals surface area contributed by atoms with Crippen LogP contribution in [0.1, 0.15) is 5.56 Å². The number of methoxy groups -OCH3 is 1. The Bertz CT molecular complexity index is 471. The minimum Gasteiger partial charge on any atom is -0.480 e. The molecule has 15 heavy (non-hydrogen) atoms. The third-order valence-electron chi connectivity index (χ3n) is 2.19. The van der Waals surface area contributed by atoms with Crippen molar-refractivity contribution in [1.82, 2.24) is 9.97 Å². The van der Waals surface area contributed by atoms with Crippen LogP contribution in [0.4, 0.5) is 0 Å². The molecule has 2 aromatic rings.